The number of oxazole rings is 1. The summed E-state index contributed by atoms with van der Waals surface area (Å²) in [6, 6.07) is 7.20. The van der Waals surface area contributed by atoms with Gasteiger partial charge in [0, 0.05) is 75.2 Å². The summed E-state index contributed by atoms with van der Waals surface area (Å²) < 4.78 is 28.2. The topological polar surface area (TPSA) is 114 Å². The Morgan fingerprint density at radius 1 is 1.16 bits per heavy atom. The number of pyridine rings is 1. The van der Waals surface area contributed by atoms with Gasteiger partial charge in [0.25, 0.3) is 5.56 Å². The molecule has 1 atom stereocenters. The van der Waals surface area contributed by atoms with Crippen molar-refractivity contribution in [1.29, 1.82) is 0 Å². The molecule has 2 N–H and O–H groups in total. The summed E-state index contributed by atoms with van der Waals surface area (Å²) in [4.78, 5) is 31.9. The van der Waals surface area contributed by atoms with Gasteiger partial charge in [0.15, 0.2) is 6.39 Å². The highest BCUT2D eigenvalue weighted by Gasteiger charge is 2.25. The van der Waals surface area contributed by atoms with Crippen molar-refractivity contribution in [1.82, 2.24) is 24.8 Å². The molecule has 2 aliphatic rings. The molecule has 2 fully saturated rings. The quantitative estimate of drug-likeness (QED) is 0.293. The Morgan fingerprint density at radius 2 is 1.98 bits per heavy atom. The van der Waals surface area contributed by atoms with Gasteiger partial charge in [-0.3, -0.25) is 9.36 Å². The minimum atomic E-state index is -0.313. The third-order valence-electron chi connectivity index (χ3n) is 8.40. The van der Waals surface area contributed by atoms with Gasteiger partial charge < -0.3 is 29.6 Å². The van der Waals surface area contributed by atoms with Crippen molar-refractivity contribution in [2.75, 3.05) is 61.1 Å². The first-order valence-electron chi connectivity index (χ1n) is 15.2. The van der Waals surface area contributed by atoms with E-state index in [-0.39, 0.29) is 29.8 Å². The molecule has 0 amide bonds. The molecule has 1 aromatic carbocycles. The van der Waals surface area contributed by atoms with Crippen LogP contribution in [0.4, 0.5) is 27.4 Å². The molecule has 2 saturated heterocycles. The maximum atomic E-state index is 15.2. The van der Waals surface area contributed by atoms with E-state index in [0.717, 1.165) is 43.6 Å². The second-order valence-corrected chi connectivity index (χ2v) is 11.2. The highest BCUT2D eigenvalue weighted by molar-refractivity contribution is 5.80. The first kappa shape index (κ1) is 29.1. The van der Waals surface area contributed by atoms with Crippen LogP contribution in [0.5, 0.6) is 0 Å². The molecule has 0 saturated carbocycles. The van der Waals surface area contributed by atoms with Gasteiger partial charge in [-0.1, -0.05) is 0 Å². The van der Waals surface area contributed by atoms with Crippen LogP contribution in [0, 0.1) is 5.82 Å². The molecule has 11 nitrogen and oxygen atoms in total. The van der Waals surface area contributed by atoms with Crippen molar-refractivity contribution in [2.45, 2.75) is 52.1 Å². The number of anilines is 4. The van der Waals surface area contributed by atoms with Gasteiger partial charge in [0.05, 0.1) is 12.2 Å². The van der Waals surface area contributed by atoms with Crippen LogP contribution in [0.15, 0.2) is 46.1 Å². The van der Waals surface area contributed by atoms with Crippen molar-refractivity contribution in [3.63, 3.8) is 0 Å². The molecule has 3 aromatic heterocycles. The standard InChI is InChI=1S/C31H39FN8O3/c1-4-38(5-2)27-14-22-16-34-31(36-23-6-7-26(24(32)15-23)39-11-10-33-20(3)17-39)37-29(22)40(30(27)41)18-25-28(43-19-35-25)21-8-12-42-13-9-21/h6-7,14-16,19-21,33H,4-5,8-13,17-18H2,1-3H3,(H,34,36,37). The van der Waals surface area contributed by atoms with E-state index in [2.05, 4.69) is 32.4 Å². The molecule has 12 heteroatoms. The second-order valence-electron chi connectivity index (χ2n) is 11.2. The fourth-order valence-electron chi connectivity index (χ4n) is 6.10. The van der Waals surface area contributed by atoms with Crippen LogP contribution in [-0.2, 0) is 11.3 Å². The van der Waals surface area contributed by atoms with E-state index in [4.69, 9.17) is 14.1 Å². The Hall–Kier alpha value is -4.03. The van der Waals surface area contributed by atoms with Crippen LogP contribution in [0.2, 0.25) is 0 Å². The van der Waals surface area contributed by atoms with Crippen molar-refractivity contribution < 1.29 is 13.5 Å². The summed E-state index contributed by atoms with van der Waals surface area (Å²) in [6.07, 6.45) is 4.83. The van der Waals surface area contributed by atoms with Crippen LogP contribution >= 0.6 is 0 Å². The fraction of sp³-hybridized carbons (Fsp3) is 0.484. The molecule has 1 unspecified atom stereocenters. The molecule has 0 radical (unpaired) electrons. The lowest BCUT2D eigenvalue weighted by molar-refractivity contribution is 0.0804. The van der Waals surface area contributed by atoms with Gasteiger partial charge in [-0.15, -0.1) is 0 Å². The van der Waals surface area contributed by atoms with E-state index in [0.29, 0.717) is 60.7 Å². The smallest absolute Gasteiger partial charge is 0.276 e. The lowest BCUT2D eigenvalue weighted by Gasteiger charge is -2.33. The predicted molar refractivity (Wildman–Crippen MR) is 165 cm³/mol. The second kappa shape index (κ2) is 12.7. The number of fused-ring (bicyclic) bond motifs is 1. The molecule has 5 heterocycles. The molecule has 228 valence electrons. The van der Waals surface area contributed by atoms with Gasteiger partial charge in [-0.05, 0) is 57.9 Å². The molecular formula is C31H39FN8O3. The van der Waals surface area contributed by atoms with E-state index in [1.807, 2.05) is 30.9 Å². The first-order valence-corrected chi connectivity index (χ1v) is 15.2. The number of piperazine rings is 1. The number of ether oxygens (including phenoxy) is 1. The number of hydrogen-bond donors (Lipinski definition) is 2. The minimum absolute atomic E-state index is 0.164. The SMILES string of the molecule is CCN(CC)c1cc2cnc(Nc3ccc(N4CCNC(C)C4)c(F)c3)nc2n(Cc2ncoc2C2CCOCC2)c1=O. The lowest BCUT2D eigenvalue weighted by atomic mass is 9.96. The average Bonchev–Trinajstić information content (AvgIpc) is 3.49. The number of nitrogens with zero attached hydrogens (tertiary/aromatic N) is 6. The summed E-state index contributed by atoms with van der Waals surface area (Å²) in [5.41, 5.74) is 2.69. The van der Waals surface area contributed by atoms with Crippen molar-refractivity contribution in [3.05, 3.63) is 64.5 Å². The van der Waals surface area contributed by atoms with Crippen molar-refractivity contribution >= 4 is 34.0 Å². The van der Waals surface area contributed by atoms with E-state index in [9.17, 15) is 4.79 Å². The number of benzene rings is 1. The van der Waals surface area contributed by atoms with Gasteiger partial charge in [0.2, 0.25) is 5.95 Å². The van der Waals surface area contributed by atoms with Crippen LogP contribution in [0.1, 0.15) is 51.0 Å². The maximum Gasteiger partial charge on any atom is 0.276 e. The normalized spacial score (nSPS) is 17.9. The highest BCUT2D eigenvalue weighted by Crippen LogP contribution is 2.30. The summed E-state index contributed by atoms with van der Waals surface area (Å²) in [6.45, 7) is 11.4. The van der Waals surface area contributed by atoms with Crippen LogP contribution < -0.4 is 26.0 Å². The Labute approximate surface area is 250 Å². The van der Waals surface area contributed by atoms with Crippen LogP contribution in [-0.4, -0.2) is 71.5 Å². The maximum absolute atomic E-state index is 15.2. The molecule has 0 bridgehead atoms. The number of rotatable bonds is 9. The van der Waals surface area contributed by atoms with E-state index < -0.39 is 0 Å². The predicted octanol–water partition coefficient (Wildman–Crippen LogP) is 4.25. The summed E-state index contributed by atoms with van der Waals surface area (Å²) in [7, 11) is 0. The van der Waals surface area contributed by atoms with Gasteiger partial charge in [-0.25, -0.2) is 14.4 Å². The molecule has 0 aliphatic carbocycles. The van der Waals surface area contributed by atoms with Crippen LogP contribution in [0.3, 0.4) is 0 Å². The van der Waals surface area contributed by atoms with Crippen molar-refractivity contribution in [2.24, 2.45) is 0 Å². The van der Waals surface area contributed by atoms with E-state index >= 15 is 4.39 Å². The number of nitrogens with one attached hydrogen (secondary N) is 2. The van der Waals surface area contributed by atoms with Crippen LogP contribution in [0.25, 0.3) is 11.0 Å². The Morgan fingerprint density at radius 3 is 2.72 bits per heavy atom. The third-order valence-corrected chi connectivity index (χ3v) is 8.40. The van der Waals surface area contributed by atoms with Gasteiger partial charge >= 0.3 is 0 Å². The number of aromatic nitrogens is 4. The molecule has 2 aliphatic heterocycles. The zero-order chi connectivity index (χ0) is 29.9. The minimum Gasteiger partial charge on any atom is -0.448 e. The zero-order valence-corrected chi connectivity index (χ0v) is 25.0. The Balaban J connectivity index is 1.35. The van der Waals surface area contributed by atoms with Gasteiger partial charge in [-0.2, -0.15) is 4.98 Å². The van der Waals surface area contributed by atoms with Gasteiger partial charge in [0.1, 0.15) is 28.6 Å². The number of hydrogen-bond acceptors (Lipinski definition) is 10. The fourth-order valence-corrected chi connectivity index (χ4v) is 6.10. The summed E-state index contributed by atoms with van der Waals surface area (Å²) >= 11 is 0. The first-order chi connectivity index (χ1) is 20.9. The third kappa shape index (κ3) is 6.07. The zero-order valence-electron chi connectivity index (χ0n) is 25.0. The highest BCUT2D eigenvalue weighted by atomic mass is 19.1. The Kier molecular flexibility index (Phi) is 8.57. The van der Waals surface area contributed by atoms with E-state index in [1.54, 1.807) is 16.8 Å². The molecule has 0 spiro atoms. The number of halogens is 1. The average molecular weight is 591 g/mol. The molecule has 43 heavy (non-hydrogen) atoms. The largest absolute Gasteiger partial charge is 0.448 e. The van der Waals surface area contributed by atoms with E-state index in [1.165, 1.54) is 12.5 Å². The summed E-state index contributed by atoms with van der Waals surface area (Å²) in [5, 5.41) is 7.24. The summed E-state index contributed by atoms with van der Waals surface area (Å²) in [5.74, 6) is 0.933. The lowest BCUT2D eigenvalue weighted by Crippen LogP contribution is -2.49. The molecule has 4 aromatic rings. The van der Waals surface area contributed by atoms with Crippen molar-refractivity contribution in [3.8, 4) is 0 Å². The Bertz CT molecular complexity index is 1630. The molecule has 6 rings (SSSR count). The monoisotopic (exact) mass is 590 g/mol. The molecular weight excluding hydrogens is 551 g/mol.